The molecular formula is C11H11ClO. The number of rotatable bonds is 1. The molecular weight excluding hydrogens is 184 g/mol. The summed E-state index contributed by atoms with van der Waals surface area (Å²) in [4.78, 5) is 0. The van der Waals surface area contributed by atoms with Crippen LogP contribution >= 0.6 is 11.6 Å². The Morgan fingerprint density at radius 2 is 1.92 bits per heavy atom. The largest absolute Gasteiger partial charge is 0.493 e. The van der Waals surface area contributed by atoms with Gasteiger partial charge in [-0.3, -0.25) is 0 Å². The molecule has 2 heteroatoms. The van der Waals surface area contributed by atoms with Crippen LogP contribution in [0.4, 0.5) is 0 Å². The minimum atomic E-state index is 0.764. The second-order valence-corrected chi connectivity index (χ2v) is 3.50. The monoisotopic (exact) mass is 194 g/mol. The van der Waals surface area contributed by atoms with Gasteiger partial charge in [0.1, 0.15) is 5.76 Å². The lowest BCUT2D eigenvalue weighted by molar-refractivity contribution is 0.259. The highest BCUT2D eigenvalue weighted by atomic mass is 35.5. The number of halogens is 1. The lowest BCUT2D eigenvalue weighted by atomic mass is 10.1. The van der Waals surface area contributed by atoms with Crippen LogP contribution in [0.2, 0.25) is 5.02 Å². The molecule has 0 N–H and O–H groups in total. The fourth-order valence-electron chi connectivity index (χ4n) is 1.37. The molecule has 1 aromatic rings. The topological polar surface area (TPSA) is 9.23 Å². The van der Waals surface area contributed by atoms with Crippen molar-refractivity contribution in [3.8, 4) is 0 Å². The van der Waals surface area contributed by atoms with Crippen molar-refractivity contribution in [1.82, 2.24) is 0 Å². The SMILES string of the molecule is Clc1ccc(C2=CCCCO2)cc1. The smallest absolute Gasteiger partial charge is 0.122 e. The quantitative estimate of drug-likeness (QED) is 0.665. The summed E-state index contributed by atoms with van der Waals surface area (Å²) in [5.41, 5.74) is 1.11. The van der Waals surface area contributed by atoms with Crippen molar-refractivity contribution in [1.29, 1.82) is 0 Å². The minimum Gasteiger partial charge on any atom is -0.493 e. The molecule has 0 aromatic heterocycles. The van der Waals surface area contributed by atoms with Gasteiger partial charge in [0, 0.05) is 10.6 Å². The van der Waals surface area contributed by atoms with Crippen molar-refractivity contribution in [2.45, 2.75) is 12.8 Å². The van der Waals surface area contributed by atoms with E-state index in [0.29, 0.717) is 0 Å². The fourth-order valence-corrected chi connectivity index (χ4v) is 1.50. The Bertz CT molecular complexity index is 313. The summed E-state index contributed by atoms with van der Waals surface area (Å²) in [6.07, 6.45) is 4.36. The van der Waals surface area contributed by atoms with E-state index in [1.807, 2.05) is 24.3 Å². The predicted octanol–water partition coefficient (Wildman–Crippen LogP) is 3.49. The Kier molecular flexibility index (Phi) is 2.55. The van der Waals surface area contributed by atoms with Gasteiger partial charge in [-0.25, -0.2) is 0 Å². The molecule has 0 spiro atoms. The molecule has 1 nitrogen and oxygen atoms in total. The molecule has 1 aromatic carbocycles. The summed E-state index contributed by atoms with van der Waals surface area (Å²) < 4.78 is 5.52. The predicted molar refractivity (Wildman–Crippen MR) is 54.6 cm³/mol. The Morgan fingerprint density at radius 3 is 2.54 bits per heavy atom. The van der Waals surface area contributed by atoms with Gasteiger partial charge in [-0.1, -0.05) is 11.6 Å². The fraction of sp³-hybridized carbons (Fsp3) is 0.273. The zero-order valence-electron chi connectivity index (χ0n) is 7.29. The van der Waals surface area contributed by atoms with Crippen molar-refractivity contribution in [2.24, 2.45) is 0 Å². The maximum atomic E-state index is 5.79. The molecule has 0 atom stereocenters. The van der Waals surface area contributed by atoms with Gasteiger partial charge >= 0.3 is 0 Å². The molecule has 0 radical (unpaired) electrons. The Labute approximate surface area is 83.0 Å². The number of hydrogen-bond acceptors (Lipinski definition) is 1. The van der Waals surface area contributed by atoms with E-state index in [4.69, 9.17) is 16.3 Å². The first-order chi connectivity index (χ1) is 6.36. The lowest BCUT2D eigenvalue weighted by Crippen LogP contribution is -1.99. The third-order valence-corrected chi connectivity index (χ3v) is 2.32. The van der Waals surface area contributed by atoms with Gasteiger partial charge in [-0.05, 0) is 43.2 Å². The maximum Gasteiger partial charge on any atom is 0.122 e. The zero-order chi connectivity index (χ0) is 9.10. The van der Waals surface area contributed by atoms with E-state index in [9.17, 15) is 0 Å². The van der Waals surface area contributed by atoms with Crippen LogP contribution in [0.15, 0.2) is 30.3 Å². The van der Waals surface area contributed by atoms with Crippen molar-refractivity contribution >= 4 is 17.4 Å². The van der Waals surface area contributed by atoms with Crippen molar-refractivity contribution in [3.05, 3.63) is 40.9 Å². The van der Waals surface area contributed by atoms with Crippen molar-refractivity contribution < 1.29 is 4.74 Å². The van der Waals surface area contributed by atoms with Gasteiger partial charge in [-0.15, -0.1) is 0 Å². The summed E-state index contributed by atoms with van der Waals surface area (Å²) in [5.74, 6) is 0.989. The summed E-state index contributed by atoms with van der Waals surface area (Å²) in [7, 11) is 0. The van der Waals surface area contributed by atoms with Gasteiger partial charge in [0.05, 0.1) is 6.61 Å². The second-order valence-electron chi connectivity index (χ2n) is 3.07. The van der Waals surface area contributed by atoms with E-state index in [-0.39, 0.29) is 0 Å². The zero-order valence-corrected chi connectivity index (χ0v) is 8.05. The van der Waals surface area contributed by atoms with E-state index in [1.54, 1.807) is 0 Å². The molecule has 0 saturated heterocycles. The molecule has 0 unspecified atom stereocenters. The van der Waals surface area contributed by atoms with E-state index in [2.05, 4.69) is 6.08 Å². The van der Waals surface area contributed by atoms with Gasteiger partial charge in [-0.2, -0.15) is 0 Å². The highest BCUT2D eigenvalue weighted by molar-refractivity contribution is 6.30. The number of benzene rings is 1. The first-order valence-corrected chi connectivity index (χ1v) is 4.83. The minimum absolute atomic E-state index is 0.764. The van der Waals surface area contributed by atoms with Crippen LogP contribution in [0.25, 0.3) is 5.76 Å². The van der Waals surface area contributed by atoms with Crippen LogP contribution in [-0.4, -0.2) is 6.61 Å². The van der Waals surface area contributed by atoms with E-state index in [0.717, 1.165) is 35.8 Å². The first-order valence-electron chi connectivity index (χ1n) is 4.45. The summed E-state index contributed by atoms with van der Waals surface area (Å²) in [6, 6.07) is 7.74. The van der Waals surface area contributed by atoms with Crippen LogP contribution in [-0.2, 0) is 4.74 Å². The first kappa shape index (κ1) is 8.64. The molecule has 0 saturated carbocycles. The van der Waals surface area contributed by atoms with E-state index < -0.39 is 0 Å². The standard InChI is InChI=1S/C11H11ClO/c12-10-6-4-9(5-7-10)11-3-1-2-8-13-11/h3-7H,1-2,8H2. The average molecular weight is 195 g/mol. The Morgan fingerprint density at radius 1 is 1.15 bits per heavy atom. The number of hydrogen-bond donors (Lipinski definition) is 0. The Hall–Kier alpha value is -0.950. The molecule has 1 aliphatic rings. The molecule has 0 fully saturated rings. The van der Waals surface area contributed by atoms with Crippen LogP contribution in [0, 0.1) is 0 Å². The van der Waals surface area contributed by atoms with E-state index in [1.165, 1.54) is 0 Å². The highest BCUT2D eigenvalue weighted by Crippen LogP contribution is 2.22. The van der Waals surface area contributed by atoms with Crippen molar-refractivity contribution in [2.75, 3.05) is 6.61 Å². The van der Waals surface area contributed by atoms with Crippen LogP contribution in [0.3, 0.4) is 0 Å². The number of ether oxygens (including phenoxy) is 1. The molecule has 1 heterocycles. The van der Waals surface area contributed by atoms with Crippen LogP contribution in [0.1, 0.15) is 18.4 Å². The maximum absolute atomic E-state index is 5.79. The van der Waals surface area contributed by atoms with Crippen molar-refractivity contribution in [3.63, 3.8) is 0 Å². The third-order valence-electron chi connectivity index (χ3n) is 2.06. The second kappa shape index (κ2) is 3.84. The Balaban J connectivity index is 2.24. The summed E-state index contributed by atoms with van der Waals surface area (Å²) in [5, 5.41) is 0.764. The summed E-state index contributed by atoms with van der Waals surface area (Å²) >= 11 is 5.79. The lowest BCUT2D eigenvalue weighted by Gasteiger charge is -2.14. The average Bonchev–Trinajstić information content (AvgIpc) is 2.20. The highest BCUT2D eigenvalue weighted by Gasteiger charge is 2.06. The van der Waals surface area contributed by atoms with Gasteiger partial charge in [0.25, 0.3) is 0 Å². The number of allylic oxidation sites excluding steroid dienone is 1. The van der Waals surface area contributed by atoms with Gasteiger partial charge in [0.2, 0.25) is 0 Å². The molecule has 68 valence electrons. The normalized spacial score (nSPS) is 16.2. The molecule has 1 aliphatic heterocycles. The van der Waals surface area contributed by atoms with Crippen LogP contribution in [0.5, 0.6) is 0 Å². The molecule has 0 amide bonds. The molecule has 0 aliphatic carbocycles. The van der Waals surface area contributed by atoms with Gasteiger partial charge in [0.15, 0.2) is 0 Å². The molecule has 2 rings (SSSR count). The van der Waals surface area contributed by atoms with E-state index >= 15 is 0 Å². The van der Waals surface area contributed by atoms with Crippen LogP contribution < -0.4 is 0 Å². The molecule has 0 bridgehead atoms. The summed E-state index contributed by atoms with van der Waals surface area (Å²) in [6.45, 7) is 0.828. The van der Waals surface area contributed by atoms with Gasteiger partial charge < -0.3 is 4.74 Å². The third kappa shape index (κ3) is 2.04. The molecule has 13 heavy (non-hydrogen) atoms.